The van der Waals surface area contributed by atoms with E-state index in [4.69, 9.17) is 4.74 Å². The number of likely N-dealkylation sites (tertiary alicyclic amines) is 1. The van der Waals surface area contributed by atoms with Crippen molar-refractivity contribution >= 4 is 6.09 Å². The van der Waals surface area contributed by atoms with E-state index in [2.05, 4.69) is 0 Å². The maximum Gasteiger partial charge on any atom is 0.410 e. The van der Waals surface area contributed by atoms with Gasteiger partial charge in [-0.3, -0.25) is 0 Å². The maximum absolute atomic E-state index is 11.8. The summed E-state index contributed by atoms with van der Waals surface area (Å²) in [4.78, 5) is 13.8. The fourth-order valence-corrected chi connectivity index (χ4v) is 4.01. The number of nitrogens with zero attached hydrogens (tertiary/aromatic N) is 1. The van der Waals surface area contributed by atoms with Crippen LogP contribution in [-0.4, -0.2) is 28.7 Å². The average Bonchev–Trinajstić information content (AvgIpc) is 3.16. The predicted octanol–water partition coefficient (Wildman–Crippen LogP) is 4.89. The van der Waals surface area contributed by atoms with Crippen molar-refractivity contribution in [1.29, 1.82) is 0 Å². The van der Waals surface area contributed by atoms with E-state index in [0.29, 0.717) is 0 Å². The van der Waals surface area contributed by atoms with Gasteiger partial charge in [0.15, 0.2) is 0 Å². The summed E-state index contributed by atoms with van der Waals surface area (Å²) >= 11 is 0. The standard InChI is InChI=1S/C11H19NO2.C7H12/c1-10(2,3)14-9(13)12-8-4-5-11(12)6-7-11;1-2-4-7(3-1)5-6-7/h4-8H2,1-3H3;1-6H2. The highest BCUT2D eigenvalue weighted by Gasteiger charge is 2.53. The van der Waals surface area contributed by atoms with E-state index in [0.717, 1.165) is 18.4 Å². The van der Waals surface area contributed by atoms with Crippen LogP contribution in [0.15, 0.2) is 0 Å². The summed E-state index contributed by atoms with van der Waals surface area (Å²) in [6, 6.07) is 0. The lowest BCUT2D eigenvalue weighted by atomic mass is 10.1. The number of carbonyl (C=O) groups excluding carboxylic acids is 1. The molecule has 3 nitrogen and oxygen atoms in total. The van der Waals surface area contributed by atoms with Crippen LogP contribution in [0.4, 0.5) is 4.79 Å². The van der Waals surface area contributed by atoms with Gasteiger partial charge in [0.05, 0.1) is 0 Å². The molecule has 3 heteroatoms. The summed E-state index contributed by atoms with van der Waals surface area (Å²) < 4.78 is 5.38. The molecule has 0 unspecified atom stereocenters. The molecule has 0 aromatic heterocycles. The number of hydrogen-bond acceptors (Lipinski definition) is 2. The quantitative estimate of drug-likeness (QED) is 0.636. The van der Waals surface area contributed by atoms with Crippen LogP contribution in [0.3, 0.4) is 0 Å². The Kier molecular flexibility index (Phi) is 3.74. The lowest BCUT2D eigenvalue weighted by Gasteiger charge is -2.28. The van der Waals surface area contributed by atoms with Gasteiger partial charge in [0.2, 0.25) is 0 Å². The number of rotatable bonds is 0. The third-order valence-electron chi connectivity index (χ3n) is 5.66. The highest BCUT2D eigenvalue weighted by atomic mass is 16.6. The molecule has 0 aromatic rings. The third-order valence-corrected chi connectivity index (χ3v) is 5.66. The normalized spacial score (nSPS) is 27.5. The van der Waals surface area contributed by atoms with Gasteiger partial charge < -0.3 is 9.64 Å². The molecule has 1 saturated heterocycles. The molecule has 3 aliphatic carbocycles. The second-order valence-electron chi connectivity index (χ2n) is 8.67. The molecule has 21 heavy (non-hydrogen) atoms. The smallest absolute Gasteiger partial charge is 0.410 e. The Morgan fingerprint density at radius 2 is 1.52 bits per heavy atom. The van der Waals surface area contributed by atoms with Gasteiger partial charge in [-0.2, -0.15) is 0 Å². The molecule has 4 aliphatic rings. The summed E-state index contributed by atoms with van der Waals surface area (Å²) in [5.74, 6) is 0. The van der Waals surface area contributed by atoms with Crippen molar-refractivity contribution in [3.63, 3.8) is 0 Å². The summed E-state index contributed by atoms with van der Waals surface area (Å²) in [7, 11) is 0. The average molecular weight is 293 g/mol. The Hall–Kier alpha value is -0.730. The van der Waals surface area contributed by atoms with Crippen molar-refractivity contribution < 1.29 is 9.53 Å². The van der Waals surface area contributed by atoms with Crippen LogP contribution in [0.1, 0.15) is 85.0 Å². The molecule has 2 spiro atoms. The zero-order valence-corrected chi connectivity index (χ0v) is 14.0. The Morgan fingerprint density at radius 1 is 0.905 bits per heavy atom. The first-order valence-electron chi connectivity index (χ1n) is 8.85. The largest absolute Gasteiger partial charge is 0.444 e. The Balaban J connectivity index is 0.000000156. The minimum absolute atomic E-state index is 0.118. The molecule has 3 saturated carbocycles. The fourth-order valence-electron chi connectivity index (χ4n) is 4.01. The van der Waals surface area contributed by atoms with Gasteiger partial charge in [-0.15, -0.1) is 0 Å². The molecule has 1 aliphatic heterocycles. The molecule has 0 aromatic carbocycles. The summed E-state index contributed by atoms with van der Waals surface area (Å²) in [5, 5.41) is 0. The predicted molar refractivity (Wildman–Crippen MR) is 84.3 cm³/mol. The van der Waals surface area contributed by atoms with E-state index >= 15 is 0 Å². The van der Waals surface area contributed by atoms with Crippen LogP contribution >= 0.6 is 0 Å². The lowest BCUT2D eigenvalue weighted by Crippen LogP contribution is -2.41. The zero-order chi connectivity index (χ0) is 15.1. The first-order chi connectivity index (χ1) is 9.84. The van der Waals surface area contributed by atoms with E-state index < -0.39 is 0 Å². The van der Waals surface area contributed by atoms with Crippen molar-refractivity contribution in [3.05, 3.63) is 0 Å². The van der Waals surface area contributed by atoms with Gasteiger partial charge in [-0.25, -0.2) is 4.79 Å². The van der Waals surface area contributed by atoms with Gasteiger partial charge in [0.25, 0.3) is 0 Å². The Bertz CT molecular complexity index is 394. The van der Waals surface area contributed by atoms with E-state index in [-0.39, 0.29) is 17.2 Å². The van der Waals surface area contributed by atoms with Crippen molar-refractivity contribution in [2.75, 3.05) is 6.54 Å². The van der Waals surface area contributed by atoms with Crippen LogP contribution < -0.4 is 0 Å². The van der Waals surface area contributed by atoms with Crippen LogP contribution in [-0.2, 0) is 4.74 Å². The minimum atomic E-state index is -0.365. The molecule has 0 radical (unpaired) electrons. The molecule has 1 heterocycles. The number of carbonyl (C=O) groups is 1. The summed E-state index contributed by atoms with van der Waals surface area (Å²) in [6.07, 6.45) is 13.8. The molecule has 4 rings (SSSR count). The van der Waals surface area contributed by atoms with Gasteiger partial charge in [-0.05, 0) is 77.6 Å². The SMILES string of the molecule is C1CCC2(C1)CC2.CC(C)(C)OC(=O)N1CCCC12CC2. The van der Waals surface area contributed by atoms with E-state index in [9.17, 15) is 4.79 Å². The van der Waals surface area contributed by atoms with Crippen molar-refractivity contribution in [2.45, 2.75) is 96.1 Å². The Morgan fingerprint density at radius 3 is 1.95 bits per heavy atom. The topological polar surface area (TPSA) is 29.5 Å². The fraction of sp³-hybridized carbons (Fsp3) is 0.944. The molecule has 4 fully saturated rings. The van der Waals surface area contributed by atoms with Crippen LogP contribution in [0, 0.1) is 5.41 Å². The van der Waals surface area contributed by atoms with Crippen LogP contribution in [0.5, 0.6) is 0 Å². The first-order valence-corrected chi connectivity index (χ1v) is 8.85. The number of amides is 1. The molecule has 1 amide bonds. The highest BCUT2D eigenvalue weighted by Crippen LogP contribution is 2.57. The monoisotopic (exact) mass is 293 g/mol. The highest BCUT2D eigenvalue weighted by molar-refractivity contribution is 5.70. The molecule has 0 N–H and O–H groups in total. The van der Waals surface area contributed by atoms with E-state index in [1.807, 2.05) is 25.7 Å². The lowest BCUT2D eigenvalue weighted by molar-refractivity contribution is 0.0204. The van der Waals surface area contributed by atoms with Gasteiger partial charge in [0.1, 0.15) is 5.60 Å². The van der Waals surface area contributed by atoms with Gasteiger partial charge >= 0.3 is 6.09 Å². The molecule has 0 atom stereocenters. The molecular weight excluding hydrogens is 262 g/mol. The van der Waals surface area contributed by atoms with Crippen LogP contribution in [0.2, 0.25) is 0 Å². The van der Waals surface area contributed by atoms with E-state index in [1.54, 1.807) is 25.7 Å². The zero-order valence-electron chi connectivity index (χ0n) is 14.0. The maximum atomic E-state index is 11.8. The first kappa shape index (κ1) is 15.2. The molecule has 120 valence electrons. The van der Waals surface area contributed by atoms with Crippen molar-refractivity contribution in [1.82, 2.24) is 4.90 Å². The van der Waals surface area contributed by atoms with Gasteiger partial charge in [0, 0.05) is 12.1 Å². The second kappa shape index (κ2) is 5.17. The molecule has 0 bridgehead atoms. The third kappa shape index (κ3) is 3.54. The Labute approximate surface area is 129 Å². The minimum Gasteiger partial charge on any atom is -0.444 e. The second-order valence-corrected chi connectivity index (χ2v) is 8.67. The molecular formula is C18H31NO2. The number of hydrogen-bond donors (Lipinski definition) is 0. The van der Waals surface area contributed by atoms with Crippen molar-refractivity contribution in [3.8, 4) is 0 Å². The van der Waals surface area contributed by atoms with Crippen molar-refractivity contribution in [2.24, 2.45) is 5.41 Å². The summed E-state index contributed by atoms with van der Waals surface area (Å²) in [6.45, 7) is 6.64. The van der Waals surface area contributed by atoms with Crippen LogP contribution in [0.25, 0.3) is 0 Å². The van der Waals surface area contributed by atoms with E-state index in [1.165, 1.54) is 32.1 Å². The van der Waals surface area contributed by atoms with Gasteiger partial charge in [-0.1, -0.05) is 12.8 Å². The summed E-state index contributed by atoms with van der Waals surface area (Å²) in [5.41, 5.74) is 0.790. The number of ether oxygens (including phenoxy) is 1.